The van der Waals surface area contributed by atoms with Gasteiger partial charge in [-0.1, -0.05) is 5.16 Å². The Morgan fingerprint density at radius 3 is 2.71 bits per heavy atom. The van der Waals surface area contributed by atoms with Crippen LogP contribution in [0.5, 0.6) is 0 Å². The lowest BCUT2D eigenvalue weighted by atomic mass is 10.1. The molecule has 0 atom stereocenters. The van der Waals surface area contributed by atoms with Crippen LogP contribution < -0.4 is 0 Å². The molecule has 0 amide bonds. The molecule has 0 unspecified atom stereocenters. The highest BCUT2D eigenvalue weighted by Crippen LogP contribution is 2.24. The molecule has 0 spiro atoms. The molecule has 74 valence electrons. The van der Waals surface area contributed by atoms with E-state index in [2.05, 4.69) is 17.2 Å². The van der Waals surface area contributed by atoms with E-state index in [0.29, 0.717) is 0 Å². The predicted octanol–water partition coefficient (Wildman–Crippen LogP) is 2.17. The van der Waals surface area contributed by atoms with Gasteiger partial charge in [-0.25, -0.2) is 0 Å². The minimum atomic E-state index is 0.861. The molecule has 0 bridgehead atoms. The quantitative estimate of drug-likeness (QED) is 0.730. The summed E-state index contributed by atoms with van der Waals surface area (Å²) in [6.45, 7) is 6.99. The molecule has 0 saturated carbocycles. The molecule has 0 saturated heterocycles. The van der Waals surface area contributed by atoms with Crippen LogP contribution in [0.25, 0.3) is 11.3 Å². The minimum Gasteiger partial charge on any atom is -0.364 e. The molecular formula is C10H13N3O. The van der Waals surface area contributed by atoms with Crippen LogP contribution in [-0.4, -0.2) is 14.9 Å². The van der Waals surface area contributed by atoms with E-state index in [1.165, 1.54) is 0 Å². The normalized spacial score (nSPS) is 10.8. The topological polar surface area (TPSA) is 43.9 Å². The summed E-state index contributed by atoms with van der Waals surface area (Å²) in [5, 5.41) is 8.35. The zero-order valence-corrected chi connectivity index (χ0v) is 8.61. The molecule has 0 aliphatic carbocycles. The predicted molar refractivity (Wildman–Crippen MR) is 52.9 cm³/mol. The van der Waals surface area contributed by atoms with E-state index in [-0.39, 0.29) is 0 Å². The second-order valence-electron chi connectivity index (χ2n) is 3.25. The Morgan fingerprint density at radius 2 is 2.21 bits per heavy atom. The van der Waals surface area contributed by atoms with Gasteiger partial charge in [-0.05, 0) is 20.8 Å². The highest BCUT2D eigenvalue weighted by Gasteiger charge is 2.14. The van der Waals surface area contributed by atoms with Crippen LogP contribution in [0.3, 0.4) is 0 Å². The smallest absolute Gasteiger partial charge is 0.124 e. The first-order valence-corrected chi connectivity index (χ1v) is 4.68. The molecule has 0 radical (unpaired) electrons. The fourth-order valence-electron chi connectivity index (χ4n) is 1.72. The largest absolute Gasteiger partial charge is 0.364 e. The molecule has 0 fully saturated rings. The molecule has 0 N–H and O–H groups in total. The van der Waals surface area contributed by atoms with Gasteiger partial charge in [-0.15, -0.1) is 0 Å². The van der Waals surface area contributed by atoms with Gasteiger partial charge in [0.05, 0.1) is 5.69 Å². The van der Waals surface area contributed by atoms with Gasteiger partial charge >= 0.3 is 0 Å². The van der Waals surface area contributed by atoms with Gasteiger partial charge in [-0.3, -0.25) is 4.68 Å². The second-order valence-corrected chi connectivity index (χ2v) is 3.25. The maximum absolute atomic E-state index is 4.83. The Morgan fingerprint density at radius 1 is 1.43 bits per heavy atom. The molecule has 4 nitrogen and oxygen atoms in total. The summed E-state index contributed by atoms with van der Waals surface area (Å²) in [5.41, 5.74) is 4.08. The number of hydrogen-bond acceptors (Lipinski definition) is 3. The molecule has 0 aliphatic rings. The van der Waals surface area contributed by atoms with Gasteiger partial charge in [0.2, 0.25) is 0 Å². The summed E-state index contributed by atoms with van der Waals surface area (Å²) in [4.78, 5) is 0. The molecule has 2 aromatic rings. The Kier molecular flexibility index (Phi) is 2.11. The summed E-state index contributed by atoms with van der Waals surface area (Å²) in [6, 6.07) is 1.86. The fraction of sp³-hybridized carbons (Fsp3) is 0.400. The molecule has 2 heterocycles. The summed E-state index contributed by atoms with van der Waals surface area (Å²) >= 11 is 0. The molecule has 4 heteroatoms. The van der Waals surface area contributed by atoms with Crippen molar-refractivity contribution in [1.29, 1.82) is 0 Å². The summed E-state index contributed by atoms with van der Waals surface area (Å²) in [7, 11) is 0. The molecule has 0 aromatic carbocycles. The highest BCUT2D eigenvalue weighted by molar-refractivity contribution is 5.63. The minimum absolute atomic E-state index is 0.861. The van der Waals surface area contributed by atoms with E-state index in [0.717, 1.165) is 29.2 Å². The van der Waals surface area contributed by atoms with E-state index in [4.69, 9.17) is 4.52 Å². The van der Waals surface area contributed by atoms with Crippen molar-refractivity contribution in [3.63, 3.8) is 0 Å². The molecule has 2 aromatic heterocycles. The van der Waals surface area contributed by atoms with Crippen molar-refractivity contribution >= 4 is 0 Å². The van der Waals surface area contributed by atoms with Crippen LogP contribution in [0.4, 0.5) is 0 Å². The zero-order chi connectivity index (χ0) is 10.1. The lowest BCUT2D eigenvalue weighted by Crippen LogP contribution is -1.98. The Bertz CT molecular complexity index is 428. The third kappa shape index (κ3) is 1.23. The Balaban J connectivity index is 2.58. The average Bonchev–Trinajstić information content (AvgIpc) is 2.74. The van der Waals surface area contributed by atoms with Crippen molar-refractivity contribution in [1.82, 2.24) is 14.9 Å². The lowest BCUT2D eigenvalue weighted by molar-refractivity contribution is 0.422. The number of hydrogen-bond donors (Lipinski definition) is 0. The van der Waals surface area contributed by atoms with E-state index in [1.54, 1.807) is 6.26 Å². The van der Waals surface area contributed by atoms with Crippen molar-refractivity contribution in [2.24, 2.45) is 0 Å². The summed E-state index contributed by atoms with van der Waals surface area (Å²) < 4.78 is 6.81. The molecule has 2 rings (SSSR count). The first-order chi connectivity index (χ1) is 6.74. The maximum atomic E-state index is 4.83. The van der Waals surface area contributed by atoms with E-state index >= 15 is 0 Å². The monoisotopic (exact) mass is 191 g/mol. The number of aromatic nitrogens is 3. The Hall–Kier alpha value is -1.58. The van der Waals surface area contributed by atoms with E-state index in [9.17, 15) is 0 Å². The van der Waals surface area contributed by atoms with Crippen molar-refractivity contribution in [3.8, 4) is 11.3 Å². The van der Waals surface area contributed by atoms with Gasteiger partial charge in [0.1, 0.15) is 12.0 Å². The average molecular weight is 191 g/mol. The van der Waals surface area contributed by atoms with Crippen LogP contribution in [0.1, 0.15) is 18.3 Å². The van der Waals surface area contributed by atoms with Crippen molar-refractivity contribution in [2.45, 2.75) is 27.3 Å². The van der Waals surface area contributed by atoms with Crippen LogP contribution in [-0.2, 0) is 6.54 Å². The van der Waals surface area contributed by atoms with Crippen molar-refractivity contribution in [3.05, 3.63) is 23.7 Å². The first-order valence-electron chi connectivity index (χ1n) is 4.68. The summed E-state index contributed by atoms with van der Waals surface area (Å²) in [5.74, 6) is 0. The van der Waals surface area contributed by atoms with Crippen LogP contribution >= 0.6 is 0 Å². The second kappa shape index (κ2) is 3.29. The number of rotatable bonds is 2. The first kappa shape index (κ1) is 8.99. The number of aryl methyl sites for hydroxylation is 2. The van der Waals surface area contributed by atoms with Gasteiger partial charge in [-0.2, -0.15) is 5.10 Å². The highest BCUT2D eigenvalue weighted by atomic mass is 16.5. The standard InChI is InChI=1S/C10H13N3O/c1-4-13-8(3)10(7(2)11-13)9-5-6-14-12-9/h5-6H,4H2,1-3H3. The van der Waals surface area contributed by atoms with Gasteiger partial charge in [0.25, 0.3) is 0 Å². The van der Waals surface area contributed by atoms with Crippen LogP contribution in [0, 0.1) is 13.8 Å². The third-order valence-electron chi connectivity index (χ3n) is 2.37. The van der Waals surface area contributed by atoms with Gasteiger partial charge < -0.3 is 4.52 Å². The van der Waals surface area contributed by atoms with E-state index < -0.39 is 0 Å². The van der Waals surface area contributed by atoms with Crippen LogP contribution in [0.15, 0.2) is 16.9 Å². The zero-order valence-electron chi connectivity index (χ0n) is 8.61. The molecule has 0 aliphatic heterocycles. The SMILES string of the molecule is CCn1nc(C)c(-c2ccon2)c1C. The molecular weight excluding hydrogens is 178 g/mol. The maximum Gasteiger partial charge on any atom is 0.124 e. The van der Waals surface area contributed by atoms with Gasteiger partial charge in [0, 0.05) is 23.9 Å². The van der Waals surface area contributed by atoms with E-state index in [1.807, 2.05) is 24.6 Å². The fourth-order valence-corrected chi connectivity index (χ4v) is 1.72. The lowest BCUT2D eigenvalue weighted by Gasteiger charge is -1.98. The number of nitrogens with zero attached hydrogens (tertiary/aromatic N) is 3. The third-order valence-corrected chi connectivity index (χ3v) is 2.37. The summed E-state index contributed by atoms with van der Waals surface area (Å²) in [6.07, 6.45) is 1.58. The molecule has 14 heavy (non-hydrogen) atoms. The van der Waals surface area contributed by atoms with Crippen LogP contribution in [0.2, 0.25) is 0 Å². The van der Waals surface area contributed by atoms with Crippen molar-refractivity contribution < 1.29 is 4.52 Å². The van der Waals surface area contributed by atoms with Crippen molar-refractivity contribution in [2.75, 3.05) is 0 Å². The Labute approximate surface area is 82.5 Å². The van der Waals surface area contributed by atoms with Gasteiger partial charge in [0.15, 0.2) is 0 Å².